The molecular weight excluding hydrogens is 357 g/mol. The molecule has 19 heavy (non-hydrogen) atoms. The van der Waals surface area contributed by atoms with Crippen LogP contribution in [0.2, 0.25) is 0 Å². The summed E-state index contributed by atoms with van der Waals surface area (Å²) in [7, 11) is 1.78. The van der Waals surface area contributed by atoms with E-state index >= 15 is 0 Å². The number of carbonyl (C=O) groups excluding carboxylic acids is 1. The van der Waals surface area contributed by atoms with Gasteiger partial charge in [-0.25, -0.2) is 0 Å². The lowest BCUT2D eigenvalue weighted by Gasteiger charge is -2.16. The minimum absolute atomic E-state index is 0.0643. The van der Waals surface area contributed by atoms with Gasteiger partial charge in [0.2, 0.25) is 0 Å². The number of aromatic amines is 1. The number of aromatic nitrogens is 4. The van der Waals surface area contributed by atoms with Crippen molar-refractivity contribution in [1.82, 2.24) is 24.9 Å². The Kier molecular flexibility index (Phi) is 4.23. The van der Waals surface area contributed by atoms with Gasteiger partial charge in [-0.1, -0.05) is 0 Å². The molecule has 0 fully saturated rings. The Labute approximate surface area is 125 Å². The first kappa shape index (κ1) is 14.0. The number of hydrogen-bond acceptors (Lipinski definition) is 3. The maximum absolute atomic E-state index is 12.2. The third-order valence-electron chi connectivity index (χ3n) is 3.07. The van der Waals surface area contributed by atoms with E-state index in [1.54, 1.807) is 18.1 Å². The first-order valence-corrected chi connectivity index (χ1v) is 7.08. The average Bonchev–Trinajstić information content (AvgIpc) is 2.96. The van der Waals surface area contributed by atoms with Crippen molar-refractivity contribution in [1.29, 1.82) is 0 Å². The fourth-order valence-electron chi connectivity index (χ4n) is 1.90. The lowest BCUT2D eigenvalue weighted by molar-refractivity contribution is 0.0778. The van der Waals surface area contributed by atoms with Crippen molar-refractivity contribution in [2.45, 2.75) is 26.9 Å². The molecule has 0 radical (unpaired) electrons. The summed E-state index contributed by atoms with van der Waals surface area (Å²) in [6, 6.07) is 0. The molecule has 2 aromatic rings. The zero-order valence-corrected chi connectivity index (χ0v) is 13.3. The van der Waals surface area contributed by atoms with Crippen LogP contribution in [-0.2, 0) is 13.1 Å². The fraction of sp³-hybridized carbons (Fsp3) is 0.417. The smallest absolute Gasteiger partial charge is 0.273 e. The molecule has 102 valence electrons. The van der Waals surface area contributed by atoms with Crippen LogP contribution >= 0.6 is 22.6 Å². The van der Waals surface area contributed by atoms with Crippen LogP contribution in [0, 0.1) is 10.5 Å². The predicted molar refractivity (Wildman–Crippen MR) is 79.7 cm³/mol. The van der Waals surface area contributed by atoms with Gasteiger partial charge >= 0.3 is 0 Å². The molecule has 0 aliphatic heterocycles. The van der Waals surface area contributed by atoms with Gasteiger partial charge in [0.05, 0.1) is 16.0 Å². The first-order chi connectivity index (χ1) is 9.04. The fourth-order valence-corrected chi connectivity index (χ4v) is 2.39. The SMILES string of the molecule is CCn1ncc(CN(C)C(=O)c2[nH]ncc2I)c1C. The van der Waals surface area contributed by atoms with Gasteiger partial charge in [-0.2, -0.15) is 10.2 Å². The minimum atomic E-state index is -0.0643. The summed E-state index contributed by atoms with van der Waals surface area (Å²) in [4.78, 5) is 13.9. The number of amides is 1. The van der Waals surface area contributed by atoms with E-state index in [2.05, 4.69) is 37.9 Å². The summed E-state index contributed by atoms with van der Waals surface area (Å²) in [5, 5.41) is 10.9. The summed E-state index contributed by atoms with van der Waals surface area (Å²) < 4.78 is 2.75. The molecule has 0 saturated heterocycles. The highest BCUT2D eigenvalue weighted by Gasteiger charge is 2.18. The minimum Gasteiger partial charge on any atom is -0.336 e. The second-order valence-electron chi connectivity index (χ2n) is 4.33. The summed E-state index contributed by atoms with van der Waals surface area (Å²) in [6.07, 6.45) is 3.46. The number of hydrogen-bond donors (Lipinski definition) is 1. The van der Waals surface area contributed by atoms with E-state index in [4.69, 9.17) is 0 Å². The molecule has 2 heterocycles. The number of nitrogens with zero attached hydrogens (tertiary/aromatic N) is 4. The van der Waals surface area contributed by atoms with Crippen molar-refractivity contribution in [3.8, 4) is 0 Å². The summed E-state index contributed by atoms with van der Waals surface area (Å²) in [6.45, 7) is 5.44. The van der Waals surface area contributed by atoms with Crippen LogP contribution in [0.25, 0.3) is 0 Å². The van der Waals surface area contributed by atoms with Crippen molar-refractivity contribution in [2.24, 2.45) is 0 Å². The van der Waals surface area contributed by atoms with Gasteiger partial charge in [-0.3, -0.25) is 14.6 Å². The van der Waals surface area contributed by atoms with Crippen molar-refractivity contribution < 1.29 is 4.79 Å². The Bertz CT molecular complexity index is 589. The van der Waals surface area contributed by atoms with Crippen LogP contribution in [0.1, 0.15) is 28.7 Å². The van der Waals surface area contributed by atoms with Crippen molar-refractivity contribution in [2.75, 3.05) is 7.05 Å². The molecule has 0 atom stereocenters. The molecular formula is C12H16IN5O. The van der Waals surface area contributed by atoms with E-state index in [-0.39, 0.29) is 5.91 Å². The maximum atomic E-state index is 12.2. The van der Waals surface area contributed by atoms with E-state index < -0.39 is 0 Å². The Morgan fingerprint density at radius 3 is 2.79 bits per heavy atom. The highest BCUT2D eigenvalue weighted by atomic mass is 127. The predicted octanol–water partition coefficient (Wildman–Crippen LogP) is 1.81. The molecule has 0 aromatic carbocycles. The Morgan fingerprint density at radius 2 is 2.26 bits per heavy atom. The second kappa shape index (κ2) is 5.72. The molecule has 0 aliphatic rings. The highest BCUT2D eigenvalue weighted by molar-refractivity contribution is 14.1. The molecule has 0 unspecified atom stereocenters. The number of halogens is 1. The van der Waals surface area contributed by atoms with Gasteiger partial charge < -0.3 is 4.90 Å². The quantitative estimate of drug-likeness (QED) is 0.832. The largest absolute Gasteiger partial charge is 0.336 e. The Balaban J connectivity index is 2.13. The molecule has 0 bridgehead atoms. The maximum Gasteiger partial charge on any atom is 0.273 e. The van der Waals surface area contributed by atoms with E-state index in [0.29, 0.717) is 12.2 Å². The molecule has 0 aliphatic carbocycles. The summed E-state index contributed by atoms with van der Waals surface area (Å²) >= 11 is 2.09. The van der Waals surface area contributed by atoms with Gasteiger partial charge in [0.25, 0.3) is 5.91 Å². The molecule has 1 N–H and O–H groups in total. The van der Waals surface area contributed by atoms with Gasteiger partial charge in [-0.05, 0) is 36.4 Å². The monoisotopic (exact) mass is 373 g/mol. The van der Waals surface area contributed by atoms with Crippen LogP contribution in [0.4, 0.5) is 0 Å². The molecule has 2 aromatic heterocycles. The van der Waals surface area contributed by atoms with Crippen molar-refractivity contribution >= 4 is 28.5 Å². The van der Waals surface area contributed by atoms with Crippen LogP contribution < -0.4 is 0 Å². The molecule has 2 rings (SSSR count). The van der Waals surface area contributed by atoms with E-state index in [9.17, 15) is 4.79 Å². The van der Waals surface area contributed by atoms with E-state index in [1.165, 1.54) is 0 Å². The lowest BCUT2D eigenvalue weighted by Crippen LogP contribution is -2.27. The van der Waals surface area contributed by atoms with Crippen molar-refractivity contribution in [3.63, 3.8) is 0 Å². The molecule has 7 heteroatoms. The van der Waals surface area contributed by atoms with Gasteiger partial charge in [-0.15, -0.1) is 0 Å². The zero-order valence-electron chi connectivity index (χ0n) is 11.1. The second-order valence-corrected chi connectivity index (χ2v) is 5.49. The average molecular weight is 373 g/mol. The normalized spacial score (nSPS) is 10.7. The van der Waals surface area contributed by atoms with Crippen LogP contribution in [-0.4, -0.2) is 37.8 Å². The molecule has 1 amide bonds. The first-order valence-electron chi connectivity index (χ1n) is 6.00. The standard InChI is InChI=1S/C12H16IN5O/c1-4-18-8(2)9(5-15-18)7-17(3)12(19)11-10(13)6-14-16-11/h5-6H,4,7H2,1-3H3,(H,14,16). The summed E-state index contributed by atoms with van der Waals surface area (Å²) in [5.41, 5.74) is 2.69. The Morgan fingerprint density at radius 1 is 1.53 bits per heavy atom. The number of carbonyl (C=O) groups is 1. The lowest BCUT2D eigenvalue weighted by atomic mass is 10.2. The molecule has 0 spiro atoms. The topological polar surface area (TPSA) is 66.8 Å². The number of aryl methyl sites for hydroxylation is 1. The summed E-state index contributed by atoms with van der Waals surface area (Å²) in [5.74, 6) is -0.0643. The van der Waals surface area contributed by atoms with Crippen LogP contribution in [0.3, 0.4) is 0 Å². The van der Waals surface area contributed by atoms with Gasteiger partial charge in [0.1, 0.15) is 5.69 Å². The molecule has 6 nitrogen and oxygen atoms in total. The van der Waals surface area contributed by atoms with Crippen molar-refractivity contribution in [3.05, 3.63) is 32.9 Å². The number of rotatable bonds is 4. The number of nitrogens with one attached hydrogen (secondary N) is 1. The zero-order chi connectivity index (χ0) is 14.0. The Hall–Kier alpha value is -1.38. The van der Waals surface area contributed by atoms with E-state index in [0.717, 1.165) is 21.4 Å². The van der Waals surface area contributed by atoms with Gasteiger partial charge in [0, 0.05) is 31.4 Å². The number of H-pyrrole nitrogens is 1. The third-order valence-corrected chi connectivity index (χ3v) is 3.88. The van der Waals surface area contributed by atoms with Gasteiger partial charge in [0.15, 0.2) is 0 Å². The third kappa shape index (κ3) is 2.80. The van der Waals surface area contributed by atoms with E-state index in [1.807, 2.05) is 24.7 Å². The van der Waals surface area contributed by atoms with Crippen LogP contribution in [0.15, 0.2) is 12.4 Å². The highest BCUT2D eigenvalue weighted by Crippen LogP contribution is 2.14. The van der Waals surface area contributed by atoms with Crippen LogP contribution in [0.5, 0.6) is 0 Å². The molecule has 0 saturated carbocycles.